The maximum Gasteiger partial charge on any atom is 0.255 e. The van der Waals surface area contributed by atoms with Gasteiger partial charge < -0.3 is 19.3 Å². The second-order valence-electron chi connectivity index (χ2n) is 7.19. The number of hydrogen-bond donors (Lipinski definition) is 1. The summed E-state index contributed by atoms with van der Waals surface area (Å²) >= 11 is 0. The van der Waals surface area contributed by atoms with Crippen molar-refractivity contribution in [3.8, 4) is 11.5 Å². The number of methoxy groups -OCH3 is 1. The maximum atomic E-state index is 12.6. The van der Waals surface area contributed by atoms with E-state index in [0.717, 1.165) is 22.7 Å². The van der Waals surface area contributed by atoms with Crippen molar-refractivity contribution in [3.63, 3.8) is 0 Å². The van der Waals surface area contributed by atoms with Gasteiger partial charge in [-0.25, -0.2) is 0 Å². The Morgan fingerprint density at radius 2 is 1.83 bits per heavy atom. The number of carbonyl (C=O) groups is 1. The third-order valence-electron chi connectivity index (χ3n) is 4.81. The van der Waals surface area contributed by atoms with Gasteiger partial charge in [0.2, 0.25) is 0 Å². The summed E-state index contributed by atoms with van der Waals surface area (Å²) in [5.41, 5.74) is 4.15. The van der Waals surface area contributed by atoms with E-state index in [4.69, 9.17) is 14.0 Å². The minimum absolute atomic E-state index is 0.210. The van der Waals surface area contributed by atoms with E-state index in [9.17, 15) is 4.79 Å². The summed E-state index contributed by atoms with van der Waals surface area (Å²) in [6.45, 7) is 8.29. The second kappa shape index (κ2) is 8.82. The molecule has 0 fully saturated rings. The first-order valence-electron chi connectivity index (χ1n) is 9.53. The highest BCUT2D eigenvalue weighted by Crippen LogP contribution is 2.30. The summed E-state index contributed by atoms with van der Waals surface area (Å²) < 4.78 is 16.4. The number of anilines is 1. The van der Waals surface area contributed by atoms with Crippen molar-refractivity contribution in [1.29, 1.82) is 0 Å². The molecule has 29 heavy (non-hydrogen) atoms. The highest BCUT2D eigenvalue weighted by atomic mass is 16.5. The largest absolute Gasteiger partial charge is 0.493 e. The molecule has 0 atom stereocenters. The molecule has 0 aliphatic heterocycles. The Morgan fingerprint density at radius 3 is 2.41 bits per heavy atom. The fraction of sp³-hybridized carbons (Fsp3) is 0.304. The molecule has 3 aromatic rings. The Hall–Kier alpha value is -3.28. The zero-order valence-corrected chi connectivity index (χ0v) is 17.4. The molecule has 0 spiro atoms. The second-order valence-corrected chi connectivity index (χ2v) is 7.19. The molecular weight excluding hydrogens is 368 g/mol. The predicted octanol–water partition coefficient (Wildman–Crippen LogP) is 5.25. The van der Waals surface area contributed by atoms with E-state index in [1.54, 1.807) is 25.3 Å². The molecule has 1 N–H and O–H groups in total. The monoisotopic (exact) mass is 394 g/mol. The molecule has 152 valence electrons. The number of aromatic nitrogens is 1. The molecule has 0 aliphatic carbocycles. The van der Waals surface area contributed by atoms with Crippen LogP contribution < -0.4 is 14.8 Å². The molecule has 0 unspecified atom stereocenters. The number of aryl methyl sites for hydroxylation is 2. The number of ether oxygens (including phenoxy) is 2. The van der Waals surface area contributed by atoms with E-state index in [0.29, 0.717) is 29.6 Å². The van der Waals surface area contributed by atoms with E-state index < -0.39 is 0 Å². The first-order chi connectivity index (χ1) is 13.9. The topological polar surface area (TPSA) is 73.6 Å². The average Bonchev–Trinajstić information content (AvgIpc) is 3.04. The molecule has 1 aromatic heterocycles. The van der Waals surface area contributed by atoms with Crippen LogP contribution in [-0.4, -0.2) is 18.2 Å². The van der Waals surface area contributed by atoms with Crippen molar-refractivity contribution in [2.45, 2.75) is 40.2 Å². The van der Waals surface area contributed by atoms with Gasteiger partial charge in [0, 0.05) is 11.3 Å². The Morgan fingerprint density at radius 1 is 1.10 bits per heavy atom. The van der Waals surface area contributed by atoms with Gasteiger partial charge in [0.05, 0.1) is 18.4 Å². The number of nitrogens with zero attached hydrogens (tertiary/aromatic N) is 1. The molecule has 6 heteroatoms. The quantitative estimate of drug-likeness (QED) is 0.592. The summed E-state index contributed by atoms with van der Waals surface area (Å²) in [5.74, 6) is 1.99. The van der Waals surface area contributed by atoms with Gasteiger partial charge >= 0.3 is 0 Å². The summed E-state index contributed by atoms with van der Waals surface area (Å²) in [4.78, 5) is 12.6. The lowest BCUT2D eigenvalue weighted by atomic mass is 10.0. The van der Waals surface area contributed by atoms with E-state index in [2.05, 4.69) is 24.3 Å². The van der Waals surface area contributed by atoms with Crippen LogP contribution in [0.4, 0.5) is 5.69 Å². The molecule has 6 nitrogen and oxygen atoms in total. The first kappa shape index (κ1) is 20.5. The van der Waals surface area contributed by atoms with Gasteiger partial charge in [-0.1, -0.05) is 31.1 Å². The standard InChI is InChI=1S/C23H26N2O4/c1-14(2)17-6-9-19(10-7-17)24-23(26)18-8-11-21(22(12-18)27-5)28-13-20-15(3)25-29-16(20)4/h6-12,14H,13H2,1-5H3,(H,24,26). The molecule has 1 amide bonds. The van der Waals surface area contributed by atoms with Crippen molar-refractivity contribution in [1.82, 2.24) is 5.16 Å². The molecular formula is C23H26N2O4. The minimum atomic E-state index is -0.210. The van der Waals surface area contributed by atoms with Crippen LogP contribution in [0.1, 0.15) is 52.7 Å². The number of amides is 1. The van der Waals surface area contributed by atoms with Crippen LogP contribution >= 0.6 is 0 Å². The third kappa shape index (κ3) is 4.77. The number of hydrogen-bond acceptors (Lipinski definition) is 5. The molecule has 1 heterocycles. The Labute approximate surface area is 170 Å². The SMILES string of the molecule is COc1cc(C(=O)Nc2ccc(C(C)C)cc2)ccc1OCc1c(C)noc1C. The van der Waals surface area contributed by atoms with Gasteiger partial charge in [0.15, 0.2) is 11.5 Å². The van der Waals surface area contributed by atoms with E-state index in [-0.39, 0.29) is 5.91 Å². The summed E-state index contributed by atoms with van der Waals surface area (Å²) in [6.07, 6.45) is 0. The average molecular weight is 394 g/mol. The van der Waals surface area contributed by atoms with Crippen LogP contribution in [0.3, 0.4) is 0 Å². The zero-order chi connectivity index (χ0) is 21.0. The number of carbonyl (C=O) groups excluding carboxylic acids is 1. The molecule has 0 radical (unpaired) electrons. The number of rotatable bonds is 7. The van der Waals surface area contributed by atoms with Gasteiger partial charge in [-0.15, -0.1) is 0 Å². The highest BCUT2D eigenvalue weighted by molar-refractivity contribution is 6.04. The van der Waals surface area contributed by atoms with Crippen molar-refractivity contribution in [3.05, 3.63) is 70.6 Å². The Kier molecular flexibility index (Phi) is 6.22. The van der Waals surface area contributed by atoms with Crippen molar-refractivity contribution >= 4 is 11.6 Å². The van der Waals surface area contributed by atoms with Crippen LogP contribution in [0.25, 0.3) is 0 Å². The molecule has 0 saturated carbocycles. The molecule has 0 aliphatic rings. The fourth-order valence-electron chi connectivity index (χ4n) is 2.94. The van der Waals surface area contributed by atoms with Crippen molar-refractivity contribution < 1.29 is 18.8 Å². The Bertz CT molecular complexity index is 971. The minimum Gasteiger partial charge on any atom is -0.493 e. The van der Waals surface area contributed by atoms with Crippen LogP contribution in [0.5, 0.6) is 11.5 Å². The normalized spacial score (nSPS) is 10.8. The van der Waals surface area contributed by atoms with E-state index >= 15 is 0 Å². The van der Waals surface area contributed by atoms with Gasteiger partial charge in [-0.2, -0.15) is 0 Å². The van der Waals surface area contributed by atoms with Crippen LogP contribution in [0.15, 0.2) is 47.0 Å². The van der Waals surface area contributed by atoms with E-state index in [1.807, 2.05) is 38.1 Å². The third-order valence-corrected chi connectivity index (χ3v) is 4.81. The first-order valence-corrected chi connectivity index (χ1v) is 9.53. The zero-order valence-electron chi connectivity index (χ0n) is 17.4. The highest BCUT2D eigenvalue weighted by Gasteiger charge is 2.14. The molecule has 0 bridgehead atoms. The van der Waals surface area contributed by atoms with Gasteiger partial charge in [-0.3, -0.25) is 4.79 Å². The van der Waals surface area contributed by atoms with E-state index in [1.165, 1.54) is 5.56 Å². The predicted molar refractivity (Wildman–Crippen MR) is 112 cm³/mol. The molecule has 0 saturated heterocycles. The van der Waals surface area contributed by atoms with Crippen LogP contribution in [0, 0.1) is 13.8 Å². The lowest BCUT2D eigenvalue weighted by Crippen LogP contribution is -2.12. The van der Waals surface area contributed by atoms with Crippen molar-refractivity contribution in [2.75, 3.05) is 12.4 Å². The molecule has 3 rings (SSSR count). The maximum absolute atomic E-state index is 12.6. The van der Waals surface area contributed by atoms with Crippen molar-refractivity contribution in [2.24, 2.45) is 0 Å². The van der Waals surface area contributed by atoms with Gasteiger partial charge in [-0.05, 0) is 55.7 Å². The fourth-order valence-corrected chi connectivity index (χ4v) is 2.94. The molecule has 2 aromatic carbocycles. The van der Waals surface area contributed by atoms with Gasteiger partial charge in [0.1, 0.15) is 12.4 Å². The summed E-state index contributed by atoms with van der Waals surface area (Å²) in [7, 11) is 1.55. The lowest BCUT2D eigenvalue weighted by Gasteiger charge is -2.13. The Balaban J connectivity index is 1.71. The van der Waals surface area contributed by atoms with Crippen LogP contribution in [-0.2, 0) is 6.61 Å². The van der Waals surface area contributed by atoms with Crippen LogP contribution in [0.2, 0.25) is 0 Å². The number of nitrogens with one attached hydrogen (secondary N) is 1. The number of benzene rings is 2. The lowest BCUT2D eigenvalue weighted by molar-refractivity contribution is 0.102. The van der Waals surface area contributed by atoms with Gasteiger partial charge in [0.25, 0.3) is 5.91 Å². The summed E-state index contributed by atoms with van der Waals surface area (Å²) in [5, 5.41) is 6.83. The smallest absolute Gasteiger partial charge is 0.255 e. The summed E-state index contributed by atoms with van der Waals surface area (Å²) in [6, 6.07) is 13.0.